The molecule has 0 radical (unpaired) electrons. The number of nitrogens with one attached hydrogen (secondary N) is 2. The van der Waals surface area contributed by atoms with Gasteiger partial charge in [0, 0.05) is 16.1 Å². The Labute approximate surface area is 155 Å². The highest BCUT2D eigenvalue weighted by atomic mass is 79.9. The Hall–Kier alpha value is -1.89. The van der Waals surface area contributed by atoms with Crippen molar-refractivity contribution in [1.82, 2.24) is 10.6 Å². The van der Waals surface area contributed by atoms with Gasteiger partial charge in [-0.2, -0.15) is 0 Å². The molecule has 2 amide bonds. The van der Waals surface area contributed by atoms with Gasteiger partial charge in [0.05, 0.1) is 0 Å². The first kappa shape index (κ1) is 19.4. The summed E-state index contributed by atoms with van der Waals surface area (Å²) in [6, 6.07) is 6.20. The van der Waals surface area contributed by atoms with Gasteiger partial charge >= 0.3 is 5.97 Å². The molecule has 2 rings (SSSR count). The normalized spacial score (nSPS) is 16.0. The molecule has 1 aliphatic rings. The predicted molar refractivity (Wildman–Crippen MR) is 97.0 cm³/mol. The molecule has 0 unspecified atom stereocenters. The summed E-state index contributed by atoms with van der Waals surface area (Å²) in [7, 11) is 0. The van der Waals surface area contributed by atoms with E-state index in [2.05, 4.69) is 26.6 Å². The van der Waals surface area contributed by atoms with Crippen LogP contribution in [0.2, 0.25) is 0 Å². The third-order valence-corrected chi connectivity index (χ3v) is 4.43. The van der Waals surface area contributed by atoms with E-state index in [1.165, 1.54) is 6.92 Å². The molecule has 2 atom stereocenters. The quantitative estimate of drug-likeness (QED) is 0.675. The maximum atomic E-state index is 12.4. The SMILES string of the molecule is CC(C)[C@H](NC(=O)c1ccc(Br)cc1)C(=O)O[C@@H](C)C(=O)NC1CC1. The maximum Gasteiger partial charge on any atom is 0.329 e. The van der Waals surface area contributed by atoms with Crippen LogP contribution >= 0.6 is 15.9 Å². The summed E-state index contributed by atoms with van der Waals surface area (Å²) < 4.78 is 6.11. The van der Waals surface area contributed by atoms with Gasteiger partial charge in [0.2, 0.25) is 0 Å². The topological polar surface area (TPSA) is 84.5 Å². The fourth-order valence-electron chi connectivity index (χ4n) is 2.17. The van der Waals surface area contributed by atoms with Crippen molar-refractivity contribution in [1.29, 1.82) is 0 Å². The lowest BCUT2D eigenvalue weighted by Gasteiger charge is -2.23. The van der Waals surface area contributed by atoms with E-state index in [0.29, 0.717) is 5.56 Å². The molecule has 0 spiro atoms. The second-order valence-corrected chi connectivity index (χ2v) is 7.48. The van der Waals surface area contributed by atoms with Crippen LogP contribution in [0.4, 0.5) is 0 Å². The first-order valence-corrected chi connectivity index (χ1v) is 9.14. The molecule has 0 aliphatic heterocycles. The highest BCUT2D eigenvalue weighted by molar-refractivity contribution is 9.10. The van der Waals surface area contributed by atoms with Crippen molar-refractivity contribution >= 4 is 33.7 Å². The fraction of sp³-hybridized carbons (Fsp3) is 0.500. The van der Waals surface area contributed by atoms with E-state index in [0.717, 1.165) is 17.3 Å². The number of benzene rings is 1. The monoisotopic (exact) mass is 410 g/mol. The minimum Gasteiger partial charge on any atom is -0.451 e. The zero-order valence-corrected chi connectivity index (χ0v) is 16.1. The number of ether oxygens (including phenoxy) is 1. The number of esters is 1. The van der Waals surface area contributed by atoms with Gasteiger partial charge < -0.3 is 15.4 Å². The molecular formula is C18H23BrN2O4. The lowest BCUT2D eigenvalue weighted by atomic mass is 10.0. The largest absolute Gasteiger partial charge is 0.451 e. The first-order chi connectivity index (χ1) is 11.8. The number of halogens is 1. The molecule has 7 heteroatoms. The summed E-state index contributed by atoms with van der Waals surface area (Å²) >= 11 is 3.31. The van der Waals surface area contributed by atoms with Gasteiger partial charge in [0.1, 0.15) is 6.04 Å². The van der Waals surface area contributed by atoms with Crippen molar-refractivity contribution in [3.63, 3.8) is 0 Å². The molecular weight excluding hydrogens is 388 g/mol. The fourth-order valence-corrected chi connectivity index (χ4v) is 2.44. The smallest absolute Gasteiger partial charge is 0.329 e. The molecule has 0 saturated heterocycles. The van der Waals surface area contributed by atoms with Crippen molar-refractivity contribution in [3.05, 3.63) is 34.3 Å². The van der Waals surface area contributed by atoms with Gasteiger partial charge in [0.15, 0.2) is 6.10 Å². The van der Waals surface area contributed by atoms with Crippen molar-refractivity contribution in [2.45, 2.75) is 51.8 Å². The molecule has 0 aromatic heterocycles. The van der Waals surface area contributed by atoms with E-state index in [1.54, 1.807) is 24.3 Å². The van der Waals surface area contributed by atoms with Gasteiger partial charge in [-0.3, -0.25) is 9.59 Å². The molecule has 2 N–H and O–H groups in total. The molecule has 6 nitrogen and oxygen atoms in total. The predicted octanol–water partition coefficient (Wildman–Crippen LogP) is 2.41. The highest BCUT2D eigenvalue weighted by Gasteiger charge is 2.31. The molecule has 1 aromatic rings. The van der Waals surface area contributed by atoms with Crippen LogP contribution in [-0.2, 0) is 14.3 Å². The van der Waals surface area contributed by atoms with Crippen LogP contribution in [-0.4, -0.2) is 36.0 Å². The van der Waals surface area contributed by atoms with Gasteiger partial charge in [0.25, 0.3) is 11.8 Å². The molecule has 1 aromatic carbocycles. The van der Waals surface area contributed by atoms with Crippen molar-refractivity contribution < 1.29 is 19.1 Å². The summed E-state index contributed by atoms with van der Waals surface area (Å²) in [5, 5.41) is 5.48. The van der Waals surface area contributed by atoms with Crippen LogP contribution in [0, 0.1) is 5.92 Å². The number of carbonyl (C=O) groups excluding carboxylic acids is 3. The third kappa shape index (κ3) is 5.85. The van der Waals surface area contributed by atoms with Crippen molar-refractivity contribution in [3.8, 4) is 0 Å². The number of hydrogen-bond acceptors (Lipinski definition) is 4. The van der Waals surface area contributed by atoms with Crippen molar-refractivity contribution in [2.75, 3.05) is 0 Å². The van der Waals surface area contributed by atoms with E-state index < -0.39 is 18.1 Å². The Morgan fingerprint density at radius 3 is 2.24 bits per heavy atom. The average molecular weight is 411 g/mol. The standard InChI is InChI=1S/C18H23BrN2O4/c1-10(2)15(21-17(23)12-4-6-13(19)7-5-12)18(24)25-11(3)16(22)20-14-8-9-14/h4-7,10-11,14-15H,8-9H2,1-3H3,(H,20,22)(H,21,23)/t11-,15-/m0/s1. The summed E-state index contributed by atoms with van der Waals surface area (Å²) in [5.41, 5.74) is 0.446. The van der Waals surface area contributed by atoms with E-state index in [-0.39, 0.29) is 23.8 Å². The van der Waals surface area contributed by atoms with E-state index in [1.807, 2.05) is 13.8 Å². The second-order valence-electron chi connectivity index (χ2n) is 6.56. The minimum absolute atomic E-state index is 0.175. The van der Waals surface area contributed by atoms with Crippen LogP contribution in [0.15, 0.2) is 28.7 Å². The molecule has 136 valence electrons. The molecule has 0 bridgehead atoms. The summed E-state index contributed by atoms with van der Waals surface area (Å²) in [4.78, 5) is 36.6. The summed E-state index contributed by atoms with van der Waals surface area (Å²) in [6.45, 7) is 5.15. The first-order valence-electron chi connectivity index (χ1n) is 8.35. The number of amides is 2. The Kier molecular flexibility index (Phi) is 6.58. The van der Waals surface area contributed by atoms with Gasteiger partial charge in [-0.25, -0.2) is 4.79 Å². The van der Waals surface area contributed by atoms with E-state index in [9.17, 15) is 14.4 Å². The lowest BCUT2D eigenvalue weighted by molar-refractivity contribution is -0.157. The molecule has 1 saturated carbocycles. The van der Waals surface area contributed by atoms with Crippen LogP contribution in [0.3, 0.4) is 0 Å². The van der Waals surface area contributed by atoms with E-state index >= 15 is 0 Å². The number of rotatable bonds is 7. The van der Waals surface area contributed by atoms with Gasteiger partial charge in [-0.15, -0.1) is 0 Å². The Bertz CT molecular complexity index is 641. The lowest BCUT2D eigenvalue weighted by Crippen LogP contribution is -2.47. The Balaban J connectivity index is 1.96. The Morgan fingerprint density at radius 1 is 1.12 bits per heavy atom. The summed E-state index contributed by atoms with van der Waals surface area (Å²) in [5.74, 6) is -1.46. The molecule has 1 fully saturated rings. The number of carbonyl (C=O) groups is 3. The van der Waals surface area contributed by atoms with Crippen LogP contribution in [0.25, 0.3) is 0 Å². The highest BCUT2D eigenvalue weighted by Crippen LogP contribution is 2.19. The summed E-state index contributed by atoms with van der Waals surface area (Å²) in [6.07, 6.45) is 1.04. The third-order valence-electron chi connectivity index (χ3n) is 3.90. The van der Waals surface area contributed by atoms with Crippen LogP contribution in [0.1, 0.15) is 44.0 Å². The zero-order valence-electron chi connectivity index (χ0n) is 14.5. The molecule has 0 heterocycles. The van der Waals surface area contributed by atoms with Crippen LogP contribution in [0.5, 0.6) is 0 Å². The number of hydrogen-bond donors (Lipinski definition) is 2. The van der Waals surface area contributed by atoms with Gasteiger partial charge in [-0.05, 0) is 49.9 Å². The zero-order chi connectivity index (χ0) is 18.6. The molecule has 25 heavy (non-hydrogen) atoms. The van der Waals surface area contributed by atoms with Crippen molar-refractivity contribution in [2.24, 2.45) is 5.92 Å². The minimum atomic E-state index is -0.890. The second kappa shape index (κ2) is 8.47. The molecule has 1 aliphatic carbocycles. The van der Waals surface area contributed by atoms with E-state index in [4.69, 9.17) is 4.74 Å². The average Bonchev–Trinajstić information content (AvgIpc) is 3.36. The van der Waals surface area contributed by atoms with Gasteiger partial charge in [-0.1, -0.05) is 29.8 Å². The van der Waals surface area contributed by atoms with Crippen LogP contribution < -0.4 is 10.6 Å². The maximum absolute atomic E-state index is 12.4. The Morgan fingerprint density at radius 2 is 1.72 bits per heavy atom.